The van der Waals surface area contributed by atoms with E-state index >= 15 is 0 Å². The maximum absolute atomic E-state index is 13.8. The van der Waals surface area contributed by atoms with Crippen molar-refractivity contribution in [2.45, 2.75) is 20.8 Å². The van der Waals surface area contributed by atoms with Crippen LogP contribution >= 0.6 is 11.3 Å². The third-order valence-electron chi connectivity index (χ3n) is 5.60. The number of hydrogen-bond donors (Lipinski definition) is 0. The fourth-order valence-electron chi connectivity index (χ4n) is 3.67. The van der Waals surface area contributed by atoms with E-state index in [2.05, 4.69) is 9.88 Å². The molecule has 0 saturated heterocycles. The number of rotatable bonds is 12. The molecule has 0 atom stereocenters. The standard InChI is InChI=1S/C24H30N4O6S/c1-6-26(7-2)11-12-27(24-25-18-10-9-16(34-8-3)13-22(18)35-24)23(29)17-14-20(32-4)21(33-5)15-19(17)28(30)31/h9-10,13-15H,6-8,11-12H2,1-5H3. The highest BCUT2D eigenvalue weighted by Crippen LogP contribution is 2.37. The predicted octanol–water partition coefficient (Wildman–Crippen LogP) is 4.61. The lowest BCUT2D eigenvalue weighted by Crippen LogP contribution is -2.39. The molecule has 1 heterocycles. The number of thiazole rings is 1. The SMILES string of the molecule is CCOc1ccc2nc(N(CCN(CC)CC)C(=O)c3cc(OC)c(OC)cc3[N+](=O)[O-])sc2c1. The van der Waals surface area contributed by atoms with Gasteiger partial charge < -0.3 is 19.1 Å². The molecular weight excluding hydrogens is 472 g/mol. The van der Waals surface area contributed by atoms with E-state index in [4.69, 9.17) is 14.2 Å². The first-order valence-corrected chi connectivity index (χ1v) is 12.2. The number of anilines is 1. The number of nitro groups is 1. The zero-order valence-corrected chi connectivity index (χ0v) is 21.4. The van der Waals surface area contributed by atoms with Crippen LogP contribution in [0.5, 0.6) is 17.2 Å². The van der Waals surface area contributed by atoms with E-state index in [0.29, 0.717) is 30.6 Å². The van der Waals surface area contributed by atoms with Crippen molar-refractivity contribution in [1.29, 1.82) is 0 Å². The minimum atomic E-state index is -0.593. The second-order valence-electron chi connectivity index (χ2n) is 7.52. The minimum absolute atomic E-state index is 0.0959. The summed E-state index contributed by atoms with van der Waals surface area (Å²) < 4.78 is 17.0. The number of nitrogens with zero attached hydrogens (tertiary/aromatic N) is 4. The van der Waals surface area contributed by atoms with Gasteiger partial charge in [-0.25, -0.2) is 4.98 Å². The first-order valence-electron chi connectivity index (χ1n) is 11.3. The van der Waals surface area contributed by atoms with E-state index in [1.807, 2.05) is 39.0 Å². The fourth-order valence-corrected chi connectivity index (χ4v) is 4.68. The summed E-state index contributed by atoms with van der Waals surface area (Å²) in [7, 11) is 2.80. The number of carbonyl (C=O) groups excluding carboxylic acids is 1. The normalized spacial score (nSPS) is 11.0. The highest BCUT2D eigenvalue weighted by atomic mass is 32.1. The van der Waals surface area contributed by atoms with Crippen LogP contribution in [0.1, 0.15) is 31.1 Å². The Morgan fingerprint density at radius 2 is 1.74 bits per heavy atom. The number of aromatic nitrogens is 1. The van der Waals surface area contributed by atoms with Crippen LogP contribution < -0.4 is 19.1 Å². The average molecular weight is 503 g/mol. The largest absolute Gasteiger partial charge is 0.494 e. The second-order valence-corrected chi connectivity index (χ2v) is 8.53. The van der Waals surface area contributed by atoms with Gasteiger partial charge in [0, 0.05) is 19.2 Å². The summed E-state index contributed by atoms with van der Waals surface area (Å²) in [6.45, 7) is 9.05. The number of ether oxygens (including phenoxy) is 3. The van der Waals surface area contributed by atoms with Crippen molar-refractivity contribution in [3.63, 3.8) is 0 Å². The molecule has 35 heavy (non-hydrogen) atoms. The third-order valence-corrected chi connectivity index (χ3v) is 6.64. The van der Waals surface area contributed by atoms with Gasteiger partial charge in [0.1, 0.15) is 11.3 Å². The molecule has 0 aliphatic heterocycles. The van der Waals surface area contributed by atoms with Crippen LogP contribution in [-0.2, 0) is 0 Å². The van der Waals surface area contributed by atoms with Crippen molar-refractivity contribution in [2.24, 2.45) is 0 Å². The van der Waals surface area contributed by atoms with Crippen molar-refractivity contribution in [3.8, 4) is 17.2 Å². The summed E-state index contributed by atoms with van der Waals surface area (Å²) in [6, 6.07) is 8.11. The number of nitro benzene ring substituents is 1. The molecule has 0 aliphatic carbocycles. The van der Waals surface area contributed by atoms with Crippen molar-refractivity contribution in [3.05, 3.63) is 46.0 Å². The van der Waals surface area contributed by atoms with Crippen LogP contribution in [0.25, 0.3) is 10.2 Å². The Labute approximate surface area is 208 Å². The van der Waals surface area contributed by atoms with Crippen LogP contribution in [-0.4, -0.2) is 67.7 Å². The van der Waals surface area contributed by atoms with Gasteiger partial charge in [0.25, 0.3) is 11.6 Å². The van der Waals surface area contributed by atoms with E-state index in [0.717, 1.165) is 23.3 Å². The number of carbonyl (C=O) groups is 1. The number of hydrogen-bond acceptors (Lipinski definition) is 9. The zero-order valence-electron chi connectivity index (χ0n) is 20.6. The molecule has 3 rings (SSSR count). The molecule has 11 heteroatoms. The van der Waals surface area contributed by atoms with Crippen molar-refractivity contribution >= 4 is 38.3 Å². The van der Waals surface area contributed by atoms with Gasteiger partial charge in [-0.2, -0.15) is 0 Å². The molecule has 0 radical (unpaired) electrons. The second kappa shape index (κ2) is 11.8. The minimum Gasteiger partial charge on any atom is -0.494 e. The first kappa shape index (κ1) is 26.2. The molecule has 0 bridgehead atoms. The highest BCUT2D eigenvalue weighted by molar-refractivity contribution is 7.22. The lowest BCUT2D eigenvalue weighted by Gasteiger charge is -2.25. The number of amides is 1. The number of methoxy groups -OCH3 is 2. The van der Waals surface area contributed by atoms with E-state index in [-0.39, 0.29) is 22.7 Å². The Kier molecular flexibility index (Phi) is 8.83. The molecule has 188 valence electrons. The summed E-state index contributed by atoms with van der Waals surface area (Å²) in [6.07, 6.45) is 0. The monoisotopic (exact) mass is 502 g/mol. The van der Waals surface area contributed by atoms with E-state index in [1.165, 1.54) is 42.6 Å². The van der Waals surface area contributed by atoms with Crippen LogP contribution in [0.15, 0.2) is 30.3 Å². The molecule has 0 saturated carbocycles. The molecule has 0 aliphatic rings. The molecule has 0 unspecified atom stereocenters. The molecule has 0 fully saturated rings. The molecule has 2 aromatic carbocycles. The molecule has 1 amide bonds. The highest BCUT2D eigenvalue weighted by Gasteiger charge is 2.30. The fraction of sp³-hybridized carbons (Fsp3) is 0.417. The Balaban J connectivity index is 2.10. The quantitative estimate of drug-likeness (QED) is 0.261. The van der Waals surface area contributed by atoms with Crippen LogP contribution in [0.3, 0.4) is 0 Å². The van der Waals surface area contributed by atoms with E-state index in [1.54, 1.807) is 0 Å². The Morgan fingerprint density at radius 3 is 2.34 bits per heavy atom. The van der Waals surface area contributed by atoms with Gasteiger partial charge in [-0.3, -0.25) is 19.8 Å². The summed E-state index contributed by atoms with van der Waals surface area (Å²) in [5, 5.41) is 12.3. The van der Waals surface area contributed by atoms with Gasteiger partial charge >= 0.3 is 0 Å². The van der Waals surface area contributed by atoms with Gasteiger partial charge in [-0.15, -0.1) is 0 Å². The summed E-state index contributed by atoms with van der Waals surface area (Å²) in [5.74, 6) is 0.588. The van der Waals surface area contributed by atoms with Crippen molar-refractivity contribution in [2.75, 3.05) is 51.9 Å². The van der Waals surface area contributed by atoms with Crippen LogP contribution in [0, 0.1) is 10.1 Å². The molecule has 10 nitrogen and oxygen atoms in total. The van der Waals surface area contributed by atoms with Gasteiger partial charge in [-0.05, 0) is 38.2 Å². The molecule has 0 N–H and O–H groups in total. The predicted molar refractivity (Wildman–Crippen MR) is 136 cm³/mol. The van der Waals surface area contributed by atoms with Crippen molar-refractivity contribution in [1.82, 2.24) is 9.88 Å². The molecule has 1 aromatic heterocycles. The third kappa shape index (κ3) is 5.80. The number of likely N-dealkylation sites (N-methyl/N-ethyl adjacent to an activating group) is 1. The Hall–Kier alpha value is -3.44. The zero-order chi connectivity index (χ0) is 25.5. The van der Waals surface area contributed by atoms with Gasteiger partial charge in [0.2, 0.25) is 0 Å². The van der Waals surface area contributed by atoms with E-state index in [9.17, 15) is 14.9 Å². The molecule has 3 aromatic rings. The maximum Gasteiger partial charge on any atom is 0.286 e. The smallest absolute Gasteiger partial charge is 0.286 e. The summed E-state index contributed by atoms with van der Waals surface area (Å²) in [4.78, 5) is 33.4. The maximum atomic E-state index is 13.8. The first-order chi connectivity index (χ1) is 16.9. The Bertz CT molecular complexity index is 1190. The lowest BCUT2D eigenvalue weighted by atomic mass is 10.1. The summed E-state index contributed by atoms with van der Waals surface area (Å²) in [5.41, 5.74) is 0.262. The van der Waals surface area contributed by atoms with Crippen LogP contribution in [0.4, 0.5) is 10.8 Å². The Morgan fingerprint density at radius 1 is 1.06 bits per heavy atom. The average Bonchev–Trinajstić information content (AvgIpc) is 3.28. The van der Waals surface area contributed by atoms with E-state index < -0.39 is 10.8 Å². The number of fused-ring (bicyclic) bond motifs is 1. The number of benzene rings is 2. The lowest BCUT2D eigenvalue weighted by molar-refractivity contribution is -0.385. The van der Waals surface area contributed by atoms with Crippen LogP contribution in [0.2, 0.25) is 0 Å². The topological polar surface area (TPSA) is 107 Å². The van der Waals surface area contributed by atoms with Crippen molar-refractivity contribution < 1.29 is 23.9 Å². The van der Waals surface area contributed by atoms with Gasteiger partial charge in [0.15, 0.2) is 16.6 Å². The molecule has 0 spiro atoms. The van der Waals surface area contributed by atoms with Gasteiger partial charge in [-0.1, -0.05) is 25.2 Å². The summed E-state index contributed by atoms with van der Waals surface area (Å²) >= 11 is 1.34. The molecular formula is C24H30N4O6S. The van der Waals surface area contributed by atoms with Gasteiger partial charge in [0.05, 0.1) is 42.0 Å².